The lowest BCUT2D eigenvalue weighted by atomic mass is 10.1. The highest BCUT2D eigenvalue weighted by atomic mass is 16.5. The van der Waals surface area contributed by atoms with Gasteiger partial charge in [0.25, 0.3) is 11.9 Å². The summed E-state index contributed by atoms with van der Waals surface area (Å²) in [6, 6.07) is 20.7. The maximum Gasteiger partial charge on any atom is 0.280 e. The molecule has 7 heteroatoms. The van der Waals surface area contributed by atoms with Crippen molar-refractivity contribution >= 4 is 11.9 Å². The molecule has 0 bridgehead atoms. The minimum atomic E-state index is -0.469. The van der Waals surface area contributed by atoms with Gasteiger partial charge in [-0.3, -0.25) is 10.1 Å². The second kappa shape index (κ2) is 7.02. The fraction of sp³-hybridized carbons (Fsp3) is 0.0526. The molecular weight excluding hydrogens is 332 g/mol. The largest absolute Gasteiger partial charge is 0.355 e. The lowest BCUT2D eigenvalue weighted by molar-refractivity contribution is 0.101. The number of aromatic nitrogens is 3. The van der Waals surface area contributed by atoms with Gasteiger partial charge in [-0.2, -0.15) is 4.98 Å². The normalized spacial score (nSPS) is 10.6. The van der Waals surface area contributed by atoms with Crippen molar-refractivity contribution in [1.29, 1.82) is 0 Å². The second-order valence-corrected chi connectivity index (χ2v) is 5.57. The molecule has 2 aromatic carbocycles. The SMILES string of the molecule is O=C(Nc1noc(Cc2ccccc2)n1)c1cc(-c2ccccc2)on1. The molecule has 2 aromatic heterocycles. The topological polar surface area (TPSA) is 94.1 Å². The maximum atomic E-state index is 12.3. The summed E-state index contributed by atoms with van der Waals surface area (Å²) in [5.74, 6) is 0.540. The van der Waals surface area contributed by atoms with E-state index in [4.69, 9.17) is 9.05 Å². The number of hydrogen-bond acceptors (Lipinski definition) is 6. The summed E-state index contributed by atoms with van der Waals surface area (Å²) in [6.45, 7) is 0. The second-order valence-electron chi connectivity index (χ2n) is 5.57. The molecule has 0 atom stereocenters. The van der Waals surface area contributed by atoms with E-state index in [1.165, 1.54) is 0 Å². The van der Waals surface area contributed by atoms with Crippen molar-refractivity contribution in [2.24, 2.45) is 0 Å². The van der Waals surface area contributed by atoms with E-state index in [9.17, 15) is 4.79 Å². The number of rotatable bonds is 5. The summed E-state index contributed by atoms with van der Waals surface area (Å²) in [6.07, 6.45) is 0.492. The number of carbonyl (C=O) groups is 1. The van der Waals surface area contributed by atoms with Crippen LogP contribution in [-0.2, 0) is 6.42 Å². The number of nitrogens with zero attached hydrogens (tertiary/aromatic N) is 3. The van der Waals surface area contributed by atoms with E-state index in [2.05, 4.69) is 20.6 Å². The Kier molecular flexibility index (Phi) is 4.26. The van der Waals surface area contributed by atoms with Gasteiger partial charge in [0.1, 0.15) is 0 Å². The van der Waals surface area contributed by atoms with E-state index >= 15 is 0 Å². The van der Waals surface area contributed by atoms with Crippen LogP contribution in [0.15, 0.2) is 75.8 Å². The standard InChI is InChI=1S/C19H14N4O3/c24-18(15-12-16(25-22-15)14-9-5-2-6-10-14)21-19-20-17(26-23-19)11-13-7-3-1-4-8-13/h1-10,12H,11H2,(H,21,23,24). The molecule has 0 spiro atoms. The number of carbonyl (C=O) groups excluding carboxylic acids is 1. The summed E-state index contributed by atoms with van der Waals surface area (Å²) in [4.78, 5) is 16.4. The molecular formula is C19H14N4O3. The predicted octanol–water partition coefficient (Wildman–Crippen LogP) is 3.57. The maximum absolute atomic E-state index is 12.3. The molecule has 0 aliphatic rings. The van der Waals surface area contributed by atoms with Crippen LogP contribution < -0.4 is 5.32 Å². The summed E-state index contributed by atoms with van der Waals surface area (Å²) in [7, 11) is 0. The molecule has 0 fully saturated rings. The zero-order valence-corrected chi connectivity index (χ0v) is 13.6. The molecule has 4 rings (SSSR count). The molecule has 2 heterocycles. The van der Waals surface area contributed by atoms with Gasteiger partial charge in [0.05, 0.1) is 6.42 Å². The van der Waals surface area contributed by atoms with Gasteiger partial charge in [0.2, 0.25) is 5.89 Å². The van der Waals surface area contributed by atoms with E-state index in [1.807, 2.05) is 60.7 Å². The van der Waals surface area contributed by atoms with Gasteiger partial charge < -0.3 is 9.05 Å². The first-order valence-electron chi connectivity index (χ1n) is 7.98. The molecule has 0 saturated carbocycles. The average molecular weight is 346 g/mol. The third-order valence-corrected chi connectivity index (χ3v) is 3.69. The van der Waals surface area contributed by atoms with Crippen LogP contribution in [0, 0.1) is 0 Å². The van der Waals surface area contributed by atoms with E-state index in [-0.39, 0.29) is 11.6 Å². The molecule has 4 aromatic rings. The molecule has 7 nitrogen and oxygen atoms in total. The van der Waals surface area contributed by atoms with Crippen LogP contribution in [0.5, 0.6) is 0 Å². The number of hydrogen-bond donors (Lipinski definition) is 1. The number of nitrogens with one attached hydrogen (secondary N) is 1. The van der Waals surface area contributed by atoms with Gasteiger partial charge in [-0.15, -0.1) is 0 Å². The highest BCUT2D eigenvalue weighted by Gasteiger charge is 2.16. The Bertz CT molecular complexity index is 1010. The molecule has 1 amide bonds. The van der Waals surface area contributed by atoms with Crippen molar-refractivity contribution in [3.8, 4) is 11.3 Å². The third-order valence-electron chi connectivity index (χ3n) is 3.69. The minimum Gasteiger partial charge on any atom is -0.355 e. The monoisotopic (exact) mass is 346 g/mol. The molecule has 0 radical (unpaired) electrons. The van der Waals surface area contributed by atoms with Gasteiger partial charge in [-0.25, -0.2) is 0 Å². The van der Waals surface area contributed by atoms with E-state index in [1.54, 1.807) is 6.07 Å². The first kappa shape index (κ1) is 15.8. The number of amides is 1. The van der Waals surface area contributed by atoms with Crippen molar-refractivity contribution < 1.29 is 13.8 Å². The third kappa shape index (κ3) is 3.51. The van der Waals surface area contributed by atoms with E-state index in [0.29, 0.717) is 18.1 Å². The lowest BCUT2D eigenvalue weighted by Gasteiger charge is -1.95. The first-order chi connectivity index (χ1) is 12.8. The molecule has 1 N–H and O–H groups in total. The quantitative estimate of drug-likeness (QED) is 0.594. The van der Waals surface area contributed by atoms with Crippen LogP contribution in [0.3, 0.4) is 0 Å². The molecule has 0 unspecified atom stereocenters. The van der Waals surface area contributed by atoms with Gasteiger partial charge in [-0.1, -0.05) is 65.8 Å². The zero-order chi connectivity index (χ0) is 17.8. The Hall–Kier alpha value is -3.74. The van der Waals surface area contributed by atoms with Crippen LogP contribution in [0.4, 0.5) is 5.95 Å². The highest BCUT2D eigenvalue weighted by Crippen LogP contribution is 2.20. The van der Waals surface area contributed by atoms with Gasteiger partial charge in [-0.05, 0) is 10.7 Å². The Morgan fingerprint density at radius 1 is 0.923 bits per heavy atom. The Morgan fingerprint density at radius 2 is 1.65 bits per heavy atom. The van der Waals surface area contributed by atoms with Crippen molar-refractivity contribution in [2.45, 2.75) is 6.42 Å². The number of anilines is 1. The summed E-state index contributed by atoms with van der Waals surface area (Å²) < 4.78 is 10.4. The van der Waals surface area contributed by atoms with Crippen LogP contribution in [0.1, 0.15) is 21.9 Å². The molecule has 128 valence electrons. The van der Waals surface area contributed by atoms with Crippen molar-refractivity contribution in [3.05, 3.63) is 83.9 Å². The van der Waals surface area contributed by atoms with Gasteiger partial charge >= 0.3 is 0 Å². The van der Waals surface area contributed by atoms with Crippen LogP contribution in [0.25, 0.3) is 11.3 Å². The Morgan fingerprint density at radius 3 is 2.42 bits per heavy atom. The van der Waals surface area contributed by atoms with Crippen molar-refractivity contribution in [1.82, 2.24) is 15.3 Å². The zero-order valence-electron chi connectivity index (χ0n) is 13.6. The lowest BCUT2D eigenvalue weighted by Crippen LogP contribution is -2.13. The Balaban J connectivity index is 1.43. The summed E-state index contributed by atoms with van der Waals surface area (Å²) in [5, 5.41) is 10.1. The average Bonchev–Trinajstić information content (AvgIpc) is 3.33. The molecule has 26 heavy (non-hydrogen) atoms. The first-order valence-corrected chi connectivity index (χ1v) is 7.98. The summed E-state index contributed by atoms with van der Waals surface area (Å²) >= 11 is 0. The fourth-order valence-corrected chi connectivity index (χ4v) is 2.43. The smallest absolute Gasteiger partial charge is 0.280 e. The predicted molar refractivity (Wildman–Crippen MR) is 93.4 cm³/mol. The van der Waals surface area contributed by atoms with Crippen LogP contribution >= 0.6 is 0 Å². The van der Waals surface area contributed by atoms with Gasteiger partial charge in [0.15, 0.2) is 11.5 Å². The molecule has 0 aliphatic heterocycles. The van der Waals surface area contributed by atoms with Crippen LogP contribution in [0.2, 0.25) is 0 Å². The van der Waals surface area contributed by atoms with Crippen molar-refractivity contribution in [2.75, 3.05) is 5.32 Å². The highest BCUT2D eigenvalue weighted by molar-refractivity contribution is 6.02. The van der Waals surface area contributed by atoms with E-state index < -0.39 is 5.91 Å². The Labute approximate surface area is 148 Å². The number of benzene rings is 2. The minimum absolute atomic E-state index is 0.0881. The fourth-order valence-electron chi connectivity index (χ4n) is 2.43. The summed E-state index contributed by atoms with van der Waals surface area (Å²) in [5.41, 5.74) is 2.01. The molecule has 0 saturated heterocycles. The van der Waals surface area contributed by atoms with Gasteiger partial charge in [0, 0.05) is 11.6 Å². The molecule has 0 aliphatic carbocycles. The van der Waals surface area contributed by atoms with Crippen molar-refractivity contribution in [3.63, 3.8) is 0 Å². The van der Waals surface area contributed by atoms with Crippen LogP contribution in [-0.4, -0.2) is 21.2 Å². The van der Waals surface area contributed by atoms with E-state index in [0.717, 1.165) is 11.1 Å².